The second-order valence-corrected chi connectivity index (χ2v) is 6.89. The number of nitrogens with one attached hydrogen (secondary N) is 2. The Labute approximate surface area is 187 Å². The molecule has 3 aromatic rings. The van der Waals surface area contributed by atoms with Gasteiger partial charge in [-0.1, -0.05) is 18.2 Å². The van der Waals surface area contributed by atoms with E-state index >= 15 is 0 Å². The van der Waals surface area contributed by atoms with Crippen molar-refractivity contribution >= 4 is 52.0 Å². The Morgan fingerprint density at radius 1 is 1.10 bits per heavy atom. The van der Waals surface area contributed by atoms with Gasteiger partial charge in [0.15, 0.2) is 11.7 Å². The Balaban J connectivity index is 0.00000300. The van der Waals surface area contributed by atoms with Gasteiger partial charge in [-0.25, -0.2) is 4.98 Å². The summed E-state index contributed by atoms with van der Waals surface area (Å²) in [6.07, 6.45) is -4.42. The third-order valence-electron chi connectivity index (χ3n) is 4.04. The molecule has 1 aromatic heterocycles. The lowest BCUT2D eigenvalue weighted by atomic mass is 10.1. The van der Waals surface area contributed by atoms with Crippen LogP contribution in [-0.2, 0) is 19.3 Å². The number of hydrogen-bond donors (Lipinski definition) is 2. The first-order valence-electron chi connectivity index (χ1n) is 8.42. The topological polar surface area (TPSA) is 58.5 Å². The highest BCUT2D eigenvalue weighted by molar-refractivity contribution is 14.0. The lowest BCUT2D eigenvalue weighted by Crippen LogP contribution is -2.36. The summed E-state index contributed by atoms with van der Waals surface area (Å²) in [6, 6.07) is 11.9. The quantitative estimate of drug-likeness (QED) is 0.280. The van der Waals surface area contributed by atoms with E-state index in [1.807, 2.05) is 30.3 Å². The van der Waals surface area contributed by atoms with Crippen molar-refractivity contribution in [1.29, 1.82) is 0 Å². The van der Waals surface area contributed by atoms with Crippen LogP contribution in [0.3, 0.4) is 0 Å². The minimum Gasteiger partial charge on any atom is -0.497 e. The molecule has 0 amide bonds. The minimum absolute atomic E-state index is 0. The smallest absolute Gasteiger partial charge is 0.434 e. The molecule has 0 unspecified atom stereocenters. The molecule has 5 nitrogen and oxygen atoms in total. The van der Waals surface area contributed by atoms with Crippen LogP contribution in [-0.4, -0.2) is 25.1 Å². The molecule has 0 saturated heterocycles. The fourth-order valence-electron chi connectivity index (χ4n) is 2.60. The van der Waals surface area contributed by atoms with Crippen molar-refractivity contribution in [2.45, 2.75) is 19.3 Å². The fourth-order valence-corrected chi connectivity index (χ4v) is 3.34. The fraction of sp³-hybridized carbons (Fsp3) is 0.263. The first-order chi connectivity index (χ1) is 13.4. The number of aromatic nitrogens is 1. The molecule has 1 heterocycles. The largest absolute Gasteiger partial charge is 0.497 e. The number of ether oxygens (including phenoxy) is 1. The molecule has 10 heteroatoms. The van der Waals surface area contributed by atoms with Crippen molar-refractivity contribution in [3.05, 3.63) is 58.0 Å². The van der Waals surface area contributed by atoms with Crippen LogP contribution in [0, 0.1) is 0 Å². The van der Waals surface area contributed by atoms with E-state index in [1.165, 1.54) is 0 Å². The minimum atomic E-state index is -4.42. The van der Waals surface area contributed by atoms with Crippen LogP contribution >= 0.6 is 35.3 Å². The number of methoxy groups -OCH3 is 1. The van der Waals surface area contributed by atoms with Crippen LogP contribution in [0.25, 0.3) is 10.8 Å². The first kappa shape index (κ1) is 23.2. The third kappa shape index (κ3) is 6.20. The molecule has 2 N–H and O–H groups in total. The number of halogens is 4. The van der Waals surface area contributed by atoms with Crippen LogP contribution < -0.4 is 15.4 Å². The van der Waals surface area contributed by atoms with E-state index in [0.29, 0.717) is 17.5 Å². The van der Waals surface area contributed by atoms with E-state index in [2.05, 4.69) is 26.7 Å². The van der Waals surface area contributed by atoms with Crippen molar-refractivity contribution in [2.24, 2.45) is 4.99 Å². The van der Waals surface area contributed by atoms with Crippen molar-refractivity contribution in [1.82, 2.24) is 15.6 Å². The highest BCUT2D eigenvalue weighted by atomic mass is 127. The van der Waals surface area contributed by atoms with Gasteiger partial charge in [0, 0.05) is 19.0 Å². The third-order valence-corrected chi connectivity index (χ3v) is 4.89. The van der Waals surface area contributed by atoms with Gasteiger partial charge >= 0.3 is 6.18 Å². The van der Waals surface area contributed by atoms with Crippen molar-refractivity contribution in [3.63, 3.8) is 0 Å². The lowest BCUT2D eigenvalue weighted by molar-refractivity contribution is -0.140. The van der Waals surface area contributed by atoms with Gasteiger partial charge in [-0.15, -0.1) is 35.3 Å². The van der Waals surface area contributed by atoms with Crippen molar-refractivity contribution < 1.29 is 17.9 Å². The molecule has 0 bridgehead atoms. The zero-order valence-corrected chi connectivity index (χ0v) is 18.9. The molecule has 2 aromatic carbocycles. The van der Waals surface area contributed by atoms with Gasteiger partial charge in [0.05, 0.1) is 13.7 Å². The molecule has 0 fully saturated rings. The second-order valence-electron chi connectivity index (χ2n) is 5.95. The summed E-state index contributed by atoms with van der Waals surface area (Å²) in [7, 11) is 3.23. The molecule has 156 valence electrons. The van der Waals surface area contributed by atoms with Crippen LogP contribution in [0.15, 0.2) is 46.8 Å². The normalized spacial score (nSPS) is 11.8. The van der Waals surface area contributed by atoms with Gasteiger partial charge in [0.25, 0.3) is 0 Å². The summed E-state index contributed by atoms with van der Waals surface area (Å²) >= 11 is 0.961. The standard InChI is InChI=1S/C19H19F3N4OS.HI/c1-23-18(25-10-17-26-16(11-28-17)19(20,21)22)24-9-12-3-4-14-8-15(27-2)6-5-13(14)7-12;/h3-8,11H,9-10H2,1-2H3,(H2,23,24,25);1H. The second kappa shape index (κ2) is 10.1. The Bertz CT molecular complexity index is 991. The molecular formula is C19H20F3IN4OS. The van der Waals surface area contributed by atoms with E-state index < -0.39 is 11.9 Å². The summed E-state index contributed by atoms with van der Waals surface area (Å²) in [5.41, 5.74) is 0.180. The zero-order chi connectivity index (χ0) is 20.1. The average Bonchev–Trinajstić information content (AvgIpc) is 3.17. The summed E-state index contributed by atoms with van der Waals surface area (Å²) in [5.74, 6) is 1.29. The van der Waals surface area contributed by atoms with E-state index in [0.717, 1.165) is 38.8 Å². The van der Waals surface area contributed by atoms with Crippen molar-refractivity contribution in [2.75, 3.05) is 14.2 Å². The monoisotopic (exact) mass is 536 g/mol. The highest BCUT2D eigenvalue weighted by Gasteiger charge is 2.33. The number of benzene rings is 2. The Morgan fingerprint density at radius 3 is 2.45 bits per heavy atom. The number of nitrogens with zero attached hydrogens (tertiary/aromatic N) is 2. The number of guanidine groups is 1. The number of rotatable bonds is 5. The van der Waals surface area contributed by atoms with Gasteiger partial charge in [0.1, 0.15) is 10.8 Å². The molecule has 0 spiro atoms. The molecule has 0 aliphatic heterocycles. The maximum Gasteiger partial charge on any atom is 0.434 e. The number of fused-ring (bicyclic) bond motifs is 1. The average molecular weight is 536 g/mol. The van der Waals surface area contributed by atoms with E-state index in [-0.39, 0.29) is 30.5 Å². The zero-order valence-electron chi connectivity index (χ0n) is 15.7. The molecular weight excluding hydrogens is 516 g/mol. The van der Waals surface area contributed by atoms with Crippen molar-refractivity contribution in [3.8, 4) is 5.75 Å². The molecule has 0 atom stereocenters. The number of alkyl halides is 3. The van der Waals surface area contributed by atoms with Gasteiger partial charge < -0.3 is 15.4 Å². The first-order valence-corrected chi connectivity index (χ1v) is 9.30. The predicted molar refractivity (Wildman–Crippen MR) is 120 cm³/mol. The van der Waals surface area contributed by atoms with Gasteiger partial charge in [-0.3, -0.25) is 4.99 Å². The summed E-state index contributed by atoms with van der Waals surface area (Å²) in [4.78, 5) is 7.68. The van der Waals surface area contributed by atoms with E-state index in [9.17, 15) is 13.2 Å². The maximum atomic E-state index is 12.6. The van der Waals surface area contributed by atoms with Crippen LogP contribution in [0.2, 0.25) is 0 Å². The lowest BCUT2D eigenvalue weighted by Gasteiger charge is -2.12. The van der Waals surface area contributed by atoms with Gasteiger partial charge in [0.2, 0.25) is 0 Å². The molecule has 0 saturated carbocycles. The highest BCUT2D eigenvalue weighted by Crippen LogP contribution is 2.29. The van der Waals surface area contributed by atoms with Crippen LogP contribution in [0.5, 0.6) is 5.75 Å². The van der Waals surface area contributed by atoms with E-state index in [1.54, 1.807) is 14.2 Å². The number of thiazole rings is 1. The number of hydrogen-bond acceptors (Lipinski definition) is 4. The van der Waals surface area contributed by atoms with Gasteiger partial charge in [-0.2, -0.15) is 13.2 Å². The van der Waals surface area contributed by atoms with Crippen LogP contribution in [0.1, 0.15) is 16.3 Å². The Kier molecular flexibility index (Phi) is 8.08. The molecule has 0 radical (unpaired) electrons. The summed E-state index contributed by atoms with van der Waals surface area (Å²) in [5, 5.41) is 9.65. The Hall–Kier alpha value is -2.08. The molecule has 3 rings (SSSR count). The maximum absolute atomic E-state index is 12.6. The summed E-state index contributed by atoms with van der Waals surface area (Å²) < 4.78 is 43.1. The predicted octanol–water partition coefficient (Wildman–Crippen LogP) is 4.81. The summed E-state index contributed by atoms with van der Waals surface area (Å²) in [6.45, 7) is 0.686. The van der Waals surface area contributed by atoms with Gasteiger partial charge in [-0.05, 0) is 34.5 Å². The molecule has 0 aliphatic carbocycles. The SMILES string of the molecule is CN=C(NCc1ccc2cc(OC)ccc2c1)NCc1nc(C(F)(F)F)cs1.I. The molecule has 0 aliphatic rings. The van der Waals surface area contributed by atoms with Crippen LogP contribution in [0.4, 0.5) is 13.2 Å². The number of aliphatic imine (C=N–C) groups is 1. The molecule has 29 heavy (non-hydrogen) atoms. The Morgan fingerprint density at radius 2 is 1.79 bits per heavy atom. The van der Waals surface area contributed by atoms with E-state index in [4.69, 9.17) is 4.74 Å².